The van der Waals surface area contributed by atoms with E-state index >= 15 is 0 Å². The van der Waals surface area contributed by atoms with E-state index in [1.54, 1.807) is 6.92 Å². The fraction of sp³-hybridized carbons (Fsp3) is 0.667. The van der Waals surface area contributed by atoms with E-state index in [2.05, 4.69) is 15.5 Å². The Kier molecular flexibility index (Phi) is 5.48. The van der Waals surface area contributed by atoms with Gasteiger partial charge in [0.15, 0.2) is 0 Å². The van der Waals surface area contributed by atoms with E-state index in [9.17, 15) is 18.0 Å². The summed E-state index contributed by atoms with van der Waals surface area (Å²) in [7, 11) is 0. The maximum Gasteiger partial charge on any atom is 0.390 e. The Morgan fingerprint density at radius 2 is 2.28 bits per heavy atom. The average Bonchev–Trinajstić information content (AvgIpc) is 2.75. The molecule has 0 aromatic carbocycles. The summed E-state index contributed by atoms with van der Waals surface area (Å²) in [5.74, 6) is -0.393. The molecule has 1 heterocycles. The molecule has 1 rings (SSSR count). The van der Waals surface area contributed by atoms with Crippen LogP contribution in [0.1, 0.15) is 13.3 Å². The van der Waals surface area contributed by atoms with Crippen LogP contribution >= 0.6 is 11.3 Å². The van der Waals surface area contributed by atoms with Crippen LogP contribution in [0.4, 0.5) is 18.3 Å². The second kappa shape index (κ2) is 6.64. The third kappa shape index (κ3) is 5.92. The summed E-state index contributed by atoms with van der Waals surface area (Å²) >= 11 is 1.15. The summed E-state index contributed by atoms with van der Waals surface area (Å²) in [6, 6.07) is 0. The molecule has 0 aliphatic rings. The topological polar surface area (TPSA) is 58.1 Å². The maximum absolute atomic E-state index is 12.1. The molecule has 0 aliphatic carbocycles. The number of halogens is 3. The van der Waals surface area contributed by atoms with E-state index in [4.69, 9.17) is 0 Å². The number of anilines is 1. The summed E-state index contributed by atoms with van der Waals surface area (Å²) in [4.78, 5) is 12.9. The number of aromatic nitrogens is 2. The van der Waals surface area contributed by atoms with Crippen molar-refractivity contribution in [1.29, 1.82) is 0 Å². The van der Waals surface area contributed by atoms with Gasteiger partial charge in [-0.3, -0.25) is 15.0 Å². The lowest BCUT2D eigenvalue weighted by atomic mass is 10.3. The van der Waals surface area contributed by atoms with Gasteiger partial charge in [-0.2, -0.15) is 13.2 Å². The number of hydrogen-bond acceptors (Lipinski definition) is 5. The van der Waals surface area contributed by atoms with Crippen molar-refractivity contribution in [2.75, 3.05) is 25.0 Å². The van der Waals surface area contributed by atoms with Crippen LogP contribution in [-0.2, 0) is 4.79 Å². The molecule has 5 nitrogen and oxygen atoms in total. The number of hydrogen-bond donors (Lipinski definition) is 1. The highest BCUT2D eigenvalue weighted by molar-refractivity contribution is 7.13. The number of nitrogens with one attached hydrogen (secondary N) is 1. The lowest BCUT2D eigenvalue weighted by molar-refractivity contribution is -0.139. The molecule has 0 spiro atoms. The third-order valence-electron chi connectivity index (χ3n) is 2.13. The molecular weight excluding hydrogens is 269 g/mol. The molecule has 102 valence electrons. The second-order valence-electron chi connectivity index (χ2n) is 3.53. The Labute approximate surface area is 106 Å². The third-order valence-corrected chi connectivity index (χ3v) is 2.74. The first-order valence-corrected chi connectivity index (χ1v) is 6.14. The molecule has 1 aromatic heterocycles. The Balaban J connectivity index is 2.36. The zero-order valence-electron chi connectivity index (χ0n) is 9.70. The molecule has 0 fully saturated rings. The standard InChI is InChI=1S/C9H13F3N4OS/c1-2-16(4-3-9(10,11)12)5-7(17)14-8-15-13-6-18-8/h6H,2-5H2,1H3,(H,14,15,17). The fourth-order valence-corrected chi connectivity index (χ4v) is 1.68. The molecule has 0 saturated carbocycles. The van der Waals surface area contributed by atoms with Crippen LogP contribution in [0, 0.1) is 0 Å². The predicted octanol–water partition coefficient (Wildman–Crippen LogP) is 1.75. The molecule has 0 saturated heterocycles. The SMILES string of the molecule is CCN(CCC(F)(F)F)CC(=O)Nc1nncs1. The first kappa shape index (κ1) is 14.8. The highest BCUT2D eigenvalue weighted by Gasteiger charge is 2.27. The van der Waals surface area contributed by atoms with Crippen molar-refractivity contribution in [3.63, 3.8) is 0 Å². The first-order chi connectivity index (χ1) is 8.40. The van der Waals surface area contributed by atoms with Gasteiger partial charge in [0.25, 0.3) is 0 Å². The molecule has 9 heteroatoms. The summed E-state index contributed by atoms with van der Waals surface area (Å²) in [6.45, 7) is 1.80. The summed E-state index contributed by atoms with van der Waals surface area (Å²) in [6.07, 6.45) is -5.13. The van der Waals surface area contributed by atoms with Gasteiger partial charge in [-0.15, -0.1) is 10.2 Å². The molecule has 0 atom stereocenters. The van der Waals surface area contributed by atoms with Gasteiger partial charge in [-0.05, 0) is 6.54 Å². The normalized spacial score (nSPS) is 11.8. The van der Waals surface area contributed by atoms with Crippen LogP contribution in [0.3, 0.4) is 0 Å². The van der Waals surface area contributed by atoms with E-state index in [-0.39, 0.29) is 13.1 Å². The maximum atomic E-state index is 12.1. The molecule has 0 radical (unpaired) electrons. The summed E-state index contributed by atoms with van der Waals surface area (Å²) in [5, 5.41) is 9.95. The highest BCUT2D eigenvalue weighted by atomic mass is 32.1. The van der Waals surface area contributed by atoms with Gasteiger partial charge in [0, 0.05) is 6.54 Å². The Hall–Kier alpha value is -1.22. The monoisotopic (exact) mass is 282 g/mol. The van der Waals surface area contributed by atoms with Crippen molar-refractivity contribution in [2.45, 2.75) is 19.5 Å². The molecular formula is C9H13F3N4OS. The van der Waals surface area contributed by atoms with Crippen molar-refractivity contribution in [1.82, 2.24) is 15.1 Å². The minimum atomic E-state index is -4.21. The van der Waals surface area contributed by atoms with Crippen molar-refractivity contribution in [3.05, 3.63) is 5.51 Å². The van der Waals surface area contributed by atoms with Crippen LogP contribution in [0.5, 0.6) is 0 Å². The molecule has 1 amide bonds. The van der Waals surface area contributed by atoms with Gasteiger partial charge < -0.3 is 0 Å². The molecule has 18 heavy (non-hydrogen) atoms. The number of likely N-dealkylation sites (N-methyl/N-ethyl adjacent to an activating group) is 1. The Morgan fingerprint density at radius 1 is 1.56 bits per heavy atom. The second-order valence-corrected chi connectivity index (χ2v) is 4.36. The minimum absolute atomic E-state index is 0.0911. The van der Waals surface area contributed by atoms with E-state index in [0.29, 0.717) is 11.7 Å². The van der Waals surface area contributed by atoms with E-state index in [1.807, 2.05) is 0 Å². The van der Waals surface area contributed by atoms with Crippen molar-refractivity contribution in [2.24, 2.45) is 0 Å². The zero-order valence-corrected chi connectivity index (χ0v) is 10.5. The van der Waals surface area contributed by atoms with Gasteiger partial charge in [0.1, 0.15) is 5.51 Å². The van der Waals surface area contributed by atoms with Gasteiger partial charge in [0.2, 0.25) is 11.0 Å². The van der Waals surface area contributed by atoms with Crippen molar-refractivity contribution < 1.29 is 18.0 Å². The molecule has 1 aromatic rings. The number of nitrogens with zero attached hydrogens (tertiary/aromatic N) is 3. The lowest BCUT2D eigenvalue weighted by Crippen LogP contribution is -2.35. The Morgan fingerprint density at radius 3 is 2.78 bits per heavy atom. The number of alkyl halides is 3. The smallest absolute Gasteiger partial charge is 0.299 e. The van der Waals surface area contributed by atoms with Gasteiger partial charge in [0.05, 0.1) is 13.0 Å². The van der Waals surface area contributed by atoms with Crippen molar-refractivity contribution in [3.8, 4) is 0 Å². The van der Waals surface area contributed by atoms with Crippen LogP contribution in [0.25, 0.3) is 0 Å². The van der Waals surface area contributed by atoms with E-state index in [0.717, 1.165) is 11.3 Å². The van der Waals surface area contributed by atoms with Gasteiger partial charge in [-0.1, -0.05) is 18.3 Å². The number of carbonyl (C=O) groups is 1. The number of rotatable bonds is 6. The van der Waals surface area contributed by atoms with E-state index in [1.165, 1.54) is 10.4 Å². The quantitative estimate of drug-likeness (QED) is 0.863. The first-order valence-electron chi connectivity index (χ1n) is 5.26. The van der Waals surface area contributed by atoms with Crippen LogP contribution in [0.15, 0.2) is 5.51 Å². The molecule has 0 unspecified atom stereocenters. The predicted molar refractivity (Wildman–Crippen MR) is 61.3 cm³/mol. The average molecular weight is 282 g/mol. The minimum Gasteiger partial charge on any atom is -0.299 e. The molecule has 1 N–H and O–H groups in total. The largest absolute Gasteiger partial charge is 0.390 e. The highest BCUT2D eigenvalue weighted by Crippen LogP contribution is 2.19. The molecule has 0 aliphatic heterocycles. The van der Waals surface area contributed by atoms with E-state index < -0.39 is 18.5 Å². The van der Waals surface area contributed by atoms with Crippen molar-refractivity contribution >= 4 is 22.4 Å². The van der Waals surface area contributed by atoms with Gasteiger partial charge in [-0.25, -0.2) is 0 Å². The van der Waals surface area contributed by atoms with Crippen LogP contribution in [-0.4, -0.2) is 46.8 Å². The number of amides is 1. The fourth-order valence-electron chi connectivity index (χ4n) is 1.22. The van der Waals surface area contributed by atoms with Crippen LogP contribution in [0.2, 0.25) is 0 Å². The summed E-state index contributed by atoms with van der Waals surface area (Å²) in [5.41, 5.74) is 1.46. The molecule has 0 bridgehead atoms. The zero-order chi connectivity index (χ0) is 13.6. The Bertz CT molecular complexity index is 368. The lowest BCUT2D eigenvalue weighted by Gasteiger charge is -2.20. The van der Waals surface area contributed by atoms with Gasteiger partial charge >= 0.3 is 6.18 Å². The number of carbonyl (C=O) groups excluding carboxylic acids is 1. The van der Waals surface area contributed by atoms with Crippen LogP contribution < -0.4 is 5.32 Å². The summed E-state index contributed by atoms with van der Waals surface area (Å²) < 4.78 is 36.2.